The van der Waals surface area contributed by atoms with Crippen LogP contribution in [0.5, 0.6) is 0 Å². The Morgan fingerprint density at radius 2 is 0.684 bits per heavy atom. The van der Waals surface area contributed by atoms with Gasteiger partial charge in [0.25, 0.3) is 20.2 Å². The molecule has 0 saturated carbocycles. The van der Waals surface area contributed by atoms with Crippen molar-refractivity contribution in [2.45, 2.75) is 129 Å². The van der Waals surface area contributed by atoms with Crippen molar-refractivity contribution in [2.75, 3.05) is 50.8 Å². The topological polar surface area (TPSA) is 115 Å². The maximum absolute atomic E-state index is 11.2. The van der Waals surface area contributed by atoms with Crippen LogP contribution in [0.1, 0.15) is 129 Å². The van der Waals surface area contributed by atoms with Crippen LogP contribution >= 0.6 is 0 Å². The Kier molecular flexibility index (Phi) is 24.4. The highest BCUT2D eigenvalue weighted by Crippen LogP contribution is 2.13. The van der Waals surface area contributed by atoms with Gasteiger partial charge in [-0.2, -0.15) is 16.8 Å². The van der Waals surface area contributed by atoms with Crippen LogP contribution < -0.4 is 0 Å². The van der Waals surface area contributed by atoms with Gasteiger partial charge in [0.05, 0.1) is 11.5 Å². The van der Waals surface area contributed by atoms with Crippen molar-refractivity contribution in [1.29, 1.82) is 0 Å². The van der Waals surface area contributed by atoms with Gasteiger partial charge in [-0.15, -0.1) is 0 Å². The quantitative estimate of drug-likeness (QED) is 0.0764. The normalized spacial score (nSPS) is 12.7. The van der Waals surface area contributed by atoms with E-state index in [0.717, 1.165) is 45.4 Å². The summed E-state index contributed by atoms with van der Waals surface area (Å²) in [5.74, 6) is -0.455. The molecular formula is C28H60N2O6S2. The molecule has 0 aliphatic heterocycles. The molecule has 0 aromatic heterocycles. The predicted molar refractivity (Wildman–Crippen MR) is 160 cm³/mol. The minimum atomic E-state index is -3.96. The monoisotopic (exact) mass is 584 g/mol. The smallest absolute Gasteiger partial charge is 0.264 e. The SMILES string of the molecule is CCCCCCCCCCCCCCCCN(CCCS(=O)(=O)O)CCN(CCCC)CCCS(=O)(=O)O. The molecule has 0 spiro atoms. The van der Waals surface area contributed by atoms with E-state index < -0.39 is 20.2 Å². The third-order valence-corrected chi connectivity index (χ3v) is 8.75. The first-order chi connectivity index (χ1) is 18.1. The van der Waals surface area contributed by atoms with E-state index in [9.17, 15) is 16.8 Å². The van der Waals surface area contributed by atoms with E-state index in [-0.39, 0.29) is 11.5 Å². The Bertz CT molecular complexity index is 732. The van der Waals surface area contributed by atoms with Gasteiger partial charge in [-0.1, -0.05) is 104 Å². The predicted octanol–water partition coefficient (Wildman–Crippen LogP) is 6.43. The molecule has 0 amide bonds. The number of nitrogens with zero attached hydrogens (tertiary/aromatic N) is 2. The van der Waals surface area contributed by atoms with Crippen LogP contribution in [0.25, 0.3) is 0 Å². The highest BCUT2D eigenvalue weighted by atomic mass is 32.2. The summed E-state index contributed by atoms with van der Waals surface area (Å²) < 4.78 is 62.5. The van der Waals surface area contributed by atoms with Gasteiger partial charge in [-0.3, -0.25) is 9.11 Å². The molecule has 38 heavy (non-hydrogen) atoms. The molecular weight excluding hydrogens is 524 g/mol. The first-order valence-electron chi connectivity index (χ1n) is 15.4. The maximum Gasteiger partial charge on any atom is 0.264 e. The number of hydrogen-bond acceptors (Lipinski definition) is 6. The molecule has 10 heteroatoms. The van der Waals surface area contributed by atoms with Gasteiger partial charge in [-0.25, -0.2) is 0 Å². The molecule has 0 aliphatic rings. The molecule has 0 aliphatic carbocycles. The third-order valence-electron chi connectivity index (χ3n) is 7.14. The standard InChI is InChI=1S/C28H60N2O6S2/c1-3-5-7-8-9-10-11-12-13-14-15-16-17-18-22-30(24-20-28-38(34,35)36)26-25-29(21-6-4-2)23-19-27-37(31,32)33/h3-28H2,1-2H3,(H,31,32,33)(H,34,35,36). The molecule has 0 saturated heterocycles. The van der Waals surface area contributed by atoms with Crippen LogP contribution in [-0.2, 0) is 20.2 Å². The molecule has 0 aromatic rings. The van der Waals surface area contributed by atoms with Crippen molar-refractivity contribution < 1.29 is 25.9 Å². The lowest BCUT2D eigenvalue weighted by atomic mass is 10.0. The fourth-order valence-electron chi connectivity index (χ4n) is 4.81. The molecule has 0 heterocycles. The Hall–Kier alpha value is -0.260. The summed E-state index contributed by atoms with van der Waals surface area (Å²) in [5.41, 5.74) is 0. The molecule has 230 valence electrons. The lowest BCUT2D eigenvalue weighted by molar-refractivity contribution is 0.198. The van der Waals surface area contributed by atoms with Gasteiger partial charge in [0, 0.05) is 13.1 Å². The summed E-state index contributed by atoms with van der Waals surface area (Å²) in [6.07, 6.45) is 21.2. The second kappa shape index (κ2) is 24.5. The largest absolute Gasteiger partial charge is 0.302 e. The van der Waals surface area contributed by atoms with Crippen molar-refractivity contribution in [2.24, 2.45) is 0 Å². The summed E-state index contributed by atoms with van der Waals surface area (Å²) >= 11 is 0. The Morgan fingerprint density at radius 3 is 1.03 bits per heavy atom. The first-order valence-corrected chi connectivity index (χ1v) is 18.6. The molecule has 0 unspecified atom stereocenters. The van der Waals surface area contributed by atoms with E-state index in [1.165, 1.54) is 83.5 Å². The molecule has 0 aromatic carbocycles. The van der Waals surface area contributed by atoms with Gasteiger partial charge in [-0.05, 0) is 51.9 Å². The van der Waals surface area contributed by atoms with E-state index >= 15 is 0 Å². The number of hydrogen-bond donors (Lipinski definition) is 2. The Labute approximate surface area is 235 Å². The zero-order chi connectivity index (χ0) is 28.5. The minimum absolute atomic E-state index is 0.226. The molecule has 2 N–H and O–H groups in total. The highest BCUT2D eigenvalue weighted by Gasteiger charge is 2.13. The third kappa shape index (κ3) is 28.7. The average Bonchev–Trinajstić information content (AvgIpc) is 2.83. The van der Waals surface area contributed by atoms with Crippen LogP contribution in [-0.4, -0.2) is 86.5 Å². The fourth-order valence-corrected chi connectivity index (χ4v) is 5.79. The Morgan fingerprint density at radius 1 is 0.395 bits per heavy atom. The molecule has 0 radical (unpaired) electrons. The highest BCUT2D eigenvalue weighted by molar-refractivity contribution is 7.86. The lowest BCUT2D eigenvalue weighted by Gasteiger charge is -2.28. The van der Waals surface area contributed by atoms with E-state index in [4.69, 9.17) is 9.11 Å². The van der Waals surface area contributed by atoms with E-state index in [1.54, 1.807) is 0 Å². The first kappa shape index (κ1) is 37.7. The van der Waals surface area contributed by atoms with E-state index in [2.05, 4.69) is 23.6 Å². The minimum Gasteiger partial charge on any atom is -0.302 e. The van der Waals surface area contributed by atoms with Crippen LogP contribution in [0.3, 0.4) is 0 Å². The van der Waals surface area contributed by atoms with E-state index in [0.29, 0.717) is 25.9 Å². The van der Waals surface area contributed by atoms with Crippen LogP contribution in [0.2, 0.25) is 0 Å². The number of unbranched alkanes of at least 4 members (excludes halogenated alkanes) is 14. The van der Waals surface area contributed by atoms with Crippen LogP contribution in [0, 0.1) is 0 Å². The molecule has 8 nitrogen and oxygen atoms in total. The van der Waals surface area contributed by atoms with Gasteiger partial charge >= 0.3 is 0 Å². The van der Waals surface area contributed by atoms with Crippen molar-refractivity contribution in [3.8, 4) is 0 Å². The summed E-state index contributed by atoms with van der Waals surface area (Å²) in [4.78, 5) is 4.50. The fraction of sp³-hybridized carbons (Fsp3) is 1.00. The Balaban J connectivity index is 4.27. The maximum atomic E-state index is 11.2. The van der Waals surface area contributed by atoms with Crippen molar-refractivity contribution in [3.63, 3.8) is 0 Å². The second-order valence-corrected chi connectivity index (χ2v) is 14.1. The zero-order valence-corrected chi connectivity index (χ0v) is 26.3. The van der Waals surface area contributed by atoms with Crippen LogP contribution in [0.15, 0.2) is 0 Å². The molecule has 0 fully saturated rings. The van der Waals surface area contributed by atoms with Gasteiger partial charge in [0.1, 0.15) is 0 Å². The molecule has 0 rings (SSSR count). The number of rotatable bonds is 29. The van der Waals surface area contributed by atoms with Gasteiger partial charge in [0.15, 0.2) is 0 Å². The van der Waals surface area contributed by atoms with Crippen molar-refractivity contribution in [1.82, 2.24) is 9.80 Å². The molecule has 0 bridgehead atoms. The summed E-state index contributed by atoms with van der Waals surface area (Å²) in [6, 6.07) is 0. The van der Waals surface area contributed by atoms with Gasteiger partial charge in [0.2, 0.25) is 0 Å². The van der Waals surface area contributed by atoms with Crippen molar-refractivity contribution >= 4 is 20.2 Å². The second-order valence-electron chi connectivity index (χ2n) is 10.9. The van der Waals surface area contributed by atoms with E-state index in [1.807, 2.05) is 0 Å². The van der Waals surface area contributed by atoms with Gasteiger partial charge < -0.3 is 9.80 Å². The summed E-state index contributed by atoms with van der Waals surface area (Å²) in [7, 11) is -7.90. The van der Waals surface area contributed by atoms with Crippen molar-refractivity contribution in [3.05, 3.63) is 0 Å². The lowest BCUT2D eigenvalue weighted by Crippen LogP contribution is -2.38. The summed E-state index contributed by atoms with van der Waals surface area (Å²) in [5, 5.41) is 0. The average molecular weight is 585 g/mol. The zero-order valence-electron chi connectivity index (χ0n) is 24.6. The van der Waals surface area contributed by atoms with Crippen LogP contribution in [0.4, 0.5) is 0 Å². The molecule has 0 atom stereocenters. The summed E-state index contributed by atoms with van der Waals surface area (Å²) in [6.45, 7) is 8.93.